The predicted molar refractivity (Wildman–Crippen MR) is 78.5 cm³/mol. The van der Waals surface area contributed by atoms with Crippen molar-refractivity contribution in [1.82, 2.24) is 9.88 Å². The summed E-state index contributed by atoms with van der Waals surface area (Å²) in [6.07, 6.45) is 2.29. The first-order valence-electron chi connectivity index (χ1n) is 7.21. The average Bonchev–Trinajstić information content (AvgIpc) is 2.69. The summed E-state index contributed by atoms with van der Waals surface area (Å²) >= 11 is 0. The van der Waals surface area contributed by atoms with Crippen molar-refractivity contribution in [1.29, 1.82) is 0 Å². The van der Waals surface area contributed by atoms with Crippen LogP contribution >= 0.6 is 0 Å². The number of aromatic nitrogens is 1. The van der Waals surface area contributed by atoms with Crippen molar-refractivity contribution in [3.63, 3.8) is 0 Å². The van der Waals surface area contributed by atoms with E-state index >= 15 is 0 Å². The van der Waals surface area contributed by atoms with Gasteiger partial charge >= 0.3 is 0 Å². The number of nitrogens with one attached hydrogen (secondary N) is 1. The minimum Gasteiger partial charge on any atom is -0.358 e. The Morgan fingerprint density at radius 2 is 2.21 bits per heavy atom. The minimum absolute atomic E-state index is 0.308. The lowest BCUT2D eigenvalue weighted by atomic mass is 9.74. The number of H-pyrrole nitrogens is 1. The minimum atomic E-state index is 0.308. The zero-order chi connectivity index (χ0) is 13.1. The molecule has 1 saturated heterocycles. The summed E-state index contributed by atoms with van der Waals surface area (Å²) in [4.78, 5) is 6.01. The number of likely N-dealkylation sites (N-methyl/N-ethyl adjacent to an activating group) is 1. The largest absolute Gasteiger partial charge is 0.358 e. The molecule has 2 heterocycles. The normalized spacial score (nSPS) is 30.6. The maximum Gasteiger partial charge on any atom is 0.0461 e. The van der Waals surface area contributed by atoms with Crippen LogP contribution in [0.3, 0.4) is 0 Å². The molecule has 1 fully saturated rings. The number of piperidine rings is 1. The first-order valence-corrected chi connectivity index (χ1v) is 7.21. The van der Waals surface area contributed by atoms with E-state index < -0.39 is 0 Å². The van der Waals surface area contributed by atoms with Crippen LogP contribution in [0.25, 0.3) is 10.9 Å². The molecule has 1 aliphatic heterocycles. The molecule has 0 bridgehead atoms. The standard InChI is InChI=1S/C16H21N3/c1-9-12-7-15-13(6-10(17)8-19(15)2)11-4-3-5-14(18-9)16(11)12/h3-5,10,13,15,18H,6-8,17H2,1-2H3/t10?,13-,15-/m1/s1. The Labute approximate surface area is 113 Å². The second-order valence-corrected chi connectivity index (χ2v) is 6.31. The van der Waals surface area contributed by atoms with E-state index in [0.717, 1.165) is 19.4 Å². The Morgan fingerprint density at radius 1 is 1.37 bits per heavy atom. The van der Waals surface area contributed by atoms with Gasteiger partial charge in [0.1, 0.15) is 0 Å². The first-order chi connectivity index (χ1) is 9.15. The summed E-state index contributed by atoms with van der Waals surface area (Å²) in [7, 11) is 2.23. The lowest BCUT2D eigenvalue weighted by Gasteiger charge is -2.44. The maximum absolute atomic E-state index is 6.24. The Balaban J connectivity index is 1.95. The van der Waals surface area contributed by atoms with Gasteiger partial charge in [0.25, 0.3) is 0 Å². The van der Waals surface area contributed by atoms with E-state index in [4.69, 9.17) is 5.73 Å². The molecule has 3 heteroatoms. The molecule has 19 heavy (non-hydrogen) atoms. The van der Waals surface area contributed by atoms with Crippen molar-refractivity contribution >= 4 is 10.9 Å². The number of rotatable bonds is 0. The van der Waals surface area contributed by atoms with E-state index in [9.17, 15) is 0 Å². The smallest absolute Gasteiger partial charge is 0.0461 e. The van der Waals surface area contributed by atoms with Crippen LogP contribution < -0.4 is 5.73 Å². The fourth-order valence-corrected chi connectivity index (χ4v) is 4.25. The van der Waals surface area contributed by atoms with E-state index in [2.05, 4.69) is 42.1 Å². The summed E-state index contributed by atoms with van der Waals surface area (Å²) in [5, 5.41) is 1.48. The monoisotopic (exact) mass is 255 g/mol. The summed E-state index contributed by atoms with van der Waals surface area (Å²) in [6, 6.07) is 7.61. The second-order valence-electron chi connectivity index (χ2n) is 6.31. The lowest BCUT2D eigenvalue weighted by Crippen LogP contribution is -2.52. The number of aromatic amines is 1. The number of fused-ring (bicyclic) bond motifs is 2. The van der Waals surface area contributed by atoms with Crippen LogP contribution in [0.1, 0.15) is 29.2 Å². The zero-order valence-electron chi connectivity index (χ0n) is 11.6. The SMILES string of the molecule is Cc1[nH]c2cccc3c2c1C[C@@H]1[C@@H]3CC(N)CN1C. The molecule has 1 unspecified atom stereocenters. The van der Waals surface area contributed by atoms with Gasteiger partial charge in [0.05, 0.1) is 0 Å². The van der Waals surface area contributed by atoms with Crippen LogP contribution in [0.2, 0.25) is 0 Å². The van der Waals surface area contributed by atoms with Crippen LogP contribution in [0.4, 0.5) is 0 Å². The van der Waals surface area contributed by atoms with Gasteiger partial charge in [-0.1, -0.05) is 12.1 Å². The molecule has 2 aliphatic rings. The van der Waals surface area contributed by atoms with Gasteiger partial charge in [-0.05, 0) is 44.0 Å². The first kappa shape index (κ1) is 11.5. The fraction of sp³-hybridized carbons (Fsp3) is 0.500. The molecule has 1 aromatic heterocycles. The van der Waals surface area contributed by atoms with Crippen LogP contribution in [-0.2, 0) is 6.42 Å². The third kappa shape index (κ3) is 1.52. The topological polar surface area (TPSA) is 45.1 Å². The summed E-state index contributed by atoms with van der Waals surface area (Å²) in [5.74, 6) is 0.597. The molecule has 3 nitrogen and oxygen atoms in total. The number of nitrogens with two attached hydrogens (primary N) is 1. The lowest BCUT2D eigenvalue weighted by molar-refractivity contribution is 0.141. The Kier molecular flexibility index (Phi) is 2.32. The number of aryl methyl sites for hydroxylation is 1. The van der Waals surface area contributed by atoms with Crippen molar-refractivity contribution in [3.8, 4) is 0 Å². The van der Waals surface area contributed by atoms with Gasteiger partial charge in [0.2, 0.25) is 0 Å². The third-order valence-corrected chi connectivity index (χ3v) is 5.10. The number of nitrogens with zero attached hydrogens (tertiary/aromatic N) is 1. The van der Waals surface area contributed by atoms with Crippen LogP contribution in [-0.4, -0.2) is 35.6 Å². The van der Waals surface area contributed by atoms with Gasteiger partial charge in [-0.15, -0.1) is 0 Å². The van der Waals surface area contributed by atoms with Crippen molar-refractivity contribution in [3.05, 3.63) is 35.0 Å². The Bertz CT molecular complexity index is 643. The molecule has 0 spiro atoms. The van der Waals surface area contributed by atoms with Crippen LogP contribution in [0.15, 0.2) is 18.2 Å². The fourth-order valence-electron chi connectivity index (χ4n) is 4.25. The number of hydrogen-bond acceptors (Lipinski definition) is 2. The molecule has 100 valence electrons. The summed E-state index contributed by atoms with van der Waals surface area (Å²) in [5.41, 5.74) is 11.9. The van der Waals surface area contributed by atoms with Crippen LogP contribution in [0, 0.1) is 6.92 Å². The average molecular weight is 255 g/mol. The molecule has 0 radical (unpaired) electrons. The zero-order valence-corrected chi connectivity index (χ0v) is 11.6. The highest BCUT2D eigenvalue weighted by atomic mass is 15.2. The van der Waals surface area contributed by atoms with Gasteiger partial charge in [-0.3, -0.25) is 0 Å². The highest BCUT2D eigenvalue weighted by molar-refractivity contribution is 5.89. The van der Waals surface area contributed by atoms with E-state index in [1.54, 1.807) is 0 Å². The number of likely N-dealkylation sites (tertiary alicyclic amines) is 1. The van der Waals surface area contributed by atoms with E-state index in [1.165, 1.54) is 27.7 Å². The van der Waals surface area contributed by atoms with Gasteiger partial charge in [-0.25, -0.2) is 0 Å². The van der Waals surface area contributed by atoms with Crippen molar-refractivity contribution in [2.24, 2.45) is 5.73 Å². The molecule has 1 aliphatic carbocycles. The Morgan fingerprint density at radius 3 is 3.05 bits per heavy atom. The molecule has 0 amide bonds. The van der Waals surface area contributed by atoms with E-state index in [1.807, 2.05) is 0 Å². The van der Waals surface area contributed by atoms with Crippen molar-refractivity contribution in [2.45, 2.75) is 37.8 Å². The maximum atomic E-state index is 6.24. The third-order valence-electron chi connectivity index (χ3n) is 5.10. The number of benzene rings is 1. The van der Waals surface area contributed by atoms with Crippen molar-refractivity contribution < 1.29 is 0 Å². The molecule has 4 rings (SSSR count). The van der Waals surface area contributed by atoms with E-state index in [0.29, 0.717) is 18.0 Å². The highest BCUT2D eigenvalue weighted by Crippen LogP contribution is 2.43. The number of hydrogen-bond donors (Lipinski definition) is 2. The summed E-state index contributed by atoms with van der Waals surface area (Å²) in [6.45, 7) is 3.23. The van der Waals surface area contributed by atoms with Gasteiger partial charge in [0.15, 0.2) is 0 Å². The summed E-state index contributed by atoms with van der Waals surface area (Å²) < 4.78 is 0. The predicted octanol–water partition coefficient (Wildman–Crippen LogP) is 2.15. The molecular weight excluding hydrogens is 234 g/mol. The molecule has 3 atom stereocenters. The van der Waals surface area contributed by atoms with Crippen LogP contribution in [0.5, 0.6) is 0 Å². The molecule has 0 saturated carbocycles. The van der Waals surface area contributed by atoms with Gasteiger partial charge in [0, 0.05) is 41.1 Å². The van der Waals surface area contributed by atoms with Gasteiger partial charge < -0.3 is 15.6 Å². The van der Waals surface area contributed by atoms with Crippen molar-refractivity contribution in [2.75, 3.05) is 13.6 Å². The second kappa shape index (κ2) is 3.84. The van der Waals surface area contributed by atoms with E-state index in [-0.39, 0.29) is 0 Å². The molecular formula is C16H21N3. The quantitative estimate of drug-likeness (QED) is 0.757. The molecule has 3 N–H and O–H groups in total. The van der Waals surface area contributed by atoms with Gasteiger partial charge in [-0.2, -0.15) is 0 Å². The highest BCUT2D eigenvalue weighted by Gasteiger charge is 2.38. The molecule has 2 aromatic rings. The molecule has 1 aromatic carbocycles. The Hall–Kier alpha value is -1.32.